The Balaban J connectivity index is 1.76. The highest BCUT2D eigenvalue weighted by molar-refractivity contribution is 6.01. The molecule has 2 amide bonds. The maximum atomic E-state index is 12.9. The second-order valence-electron chi connectivity index (χ2n) is 6.62. The van der Waals surface area contributed by atoms with Crippen molar-refractivity contribution in [3.63, 3.8) is 0 Å². The van der Waals surface area contributed by atoms with Gasteiger partial charge in [0.2, 0.25) is 5.91 Å². The third-order valence-electron chi connectivity index (χ3n) is 4.57. The van der Waals surface area contributed by atoms with Gasteiger partial charge in [-0.2, -0.15) is 0 Å². The van der Waals surface area contributed by atoms with Gasteiger partial charge in [-0.25, -0.2) is 0 Å². The molecular formula is C24H24N2O2. The van der Waals surface area contributed by atoms with Gasteiger partial charge in [0.15, 0.2) is 0 Å². The Morgan fingerprint density at radius 2 is 1.39 bits per heavy atom. The van der Waals surface area contributed by atoms with Crippen LogP contribution >= 0.6 is 0 Å². The van der Waals surface area contributed by atoms with Gasteiger partial charge in [0, 0.05) is 17.7 Å². The maximum Gasteiger partial charge on any atom is 0.251 e. The van der Waals surface area contributed by atoms with E-state index < -0.39 is 6.04 Å². The molecule has 0 spiro atoms. The molecule has 28 heavy (non-hydrogen) atoms. The predicted molar refractivity (Wildman–Crippen MR) is 112 cm³/mol. The quantitative estimate of drug-likeness (QED) is 0.652. The number of hydrogen-bond donors (Lipinski definition) is 2. The molecule has 1 atom stereocenters. The average Bonchev–Trinajstić information content (AvgIpc) is 2.75. The second-order valence-corrected chi connectivity index (χ2v) is 6.62. The first-order valence-corrected chi connectivity index (χ1v) is 9.45. The predicted octanol–water partition coefficient (Wildman–Crippen LogP) is 4.23. The van der Waals surface area contributed by atoms with E-state index in [1.54, 1.807) is 24.3 Å². The minimum atomic E-state index is -0.680. The summed E-state index contributed by atoms with van der Waals surface area (Å²) in [7, 11) is 0. The highest BCUT2D eigenvalue weighted by Gasteiger charge is 2.22. The molecular weight excluding hydrogens is 348 g/mol. The smallest absolute Gasteiger partial charge is 0.251 e. The molecule has 0 radical (unpaired) electrons. The lowest BCUT2D eigenvalue weighted by atomic mass is 10.0. The van der Waals surface area contributed by atoms with Gasteiger partial charge in [-0.1, -0.05) is 67.6 Å². The Labute approximate surface area is 165 Å². The number of amides is 2. The Kier molecular flexibility index (Phi) is 6.58. The molecule has 2 N–H and O–H groups in total. The van der Waals surface area contributed by atoms with Crippen molar-refractivity contribution in [3.8, 4) is 0 Å². The third kappa shape index (κ3) is 5.30. The summed E-state index contributed by atoms with van der Waals surface area (Å²) in [6.45, 7) is 2.09. The lowest BCUT2D eigenvalue weighted by molar-refractivity contribution is -0.118. The van der Waals surface area contributed by atoms with Crippen LogP contribution < -0.4 is 10.6 Å². The fourth-order valence-corrected chi connectivity index (χ4v) is 2.94. The SMILES string of the molecule is CCc1ccc(NC(=O)C(Cc2ccccc2)NC(=O)c2ccccc2)cc1. The highest BCUT2D eigenvalue weighted by Crippen LogP contribution is 2.12. The van der Waals surface area contributed by atoms with Crippen LogP contribution in [-0.2, 0) is 17.6 Å². The Morgan fingerprint density at radius 3 is 2.00 bits per heavy atom. The number of carbonyl (C=O) groups excluding carboxylic acids is 2. The van der Waals surface area contributed by atoms with Crippen LogP contribution in [0.25, 0.3) is 0 Å². The van der Waals surface area contributed by atoms with Gasteiger partial charge >= 0.3 is 0 Å². The molecule has 142 valence electrons. The van der Waals surface area contributed by atoms with Crippen molar-refractivity contribution < 1.29 is 9.59 Å². The molecule has 0 aliphatic carbocycles. The van der Waals surface area contributed by atoms with Crippen LogP contribution in [0.15, 0.2) is 84.9 Å². The van der Waals surface area contributed by atoms with Gasteiger partial charge in [-0.05, 0) is 41.8 Å². The fraction of sp³-hybridized carbons (Fsp3) is 0.167. The topological polar surface area (TPSA) is 58.2 Å². The Hall–Kier alpha value is -3.40. The summed E-state index contributed by atoms with van der Waals surface area (Å²) >= 11 is 0. The molecule has 4 heteroatoms. The van der Waals surface area contributed by atoms with Crippen molar-refractivity contribution in [1.29, 1.82) is 0 Å². The largest absolute Gasteiger partial charge is 0.340 e. The Morgan fingerprint density at radius 1 is 0.786 bits per heavy atom. The summed E-state index contributed by atoms with van der Waals surface area (Å²) in [5, 5.41) is 5.79. The lowest BCUT2D eigenvalue weighted by Gasteiger charge is -2.19. The number of anilines is 1. The van der Waals surface area contributed by atoms with Crippen molar-refractivity contribution in [2.24, 2.45) is 0 Å². The second kappa shape index (κ2) is 9.51. The van der Waals surface area contributed by atoms with E-state index in [4.69, 9.17) is 0 Å². The summed E-state index contributed by atoms with van der Waals surface area (Å²) in [5.41, 5.74) is 3.43. The standard InChI is InChI=1S/C24H24N2O2/c1-2-18-13-15-21(16-14-18)25-24(28)22(17-19-9-5-3-6-10-19)26-23(27)20-11-7-4-8-12-20/h3-16,22H,2,17H2,1H3,(H,25,28)(H,26,27). The zero-order valence-corrected chi connectivity index (χ0v) is 15.9. The first kappa shape index (κ1) is 19.4. The van der Waals surface area contributed by atoms with Crippen molar-refractivity contribution in [2.75, 3.05) is 5.32 Å². The number of benzene rings is 3. The van der Waals surface area contributed by atoms with Crippen molar-refractivity contribution in [2.45, 2.75) is 25.8 Å². The van der Waals surface area contributed by atoms with E-state index >= 15 is 0 Å². The Bertz CT molecular complexity index is 906. The molecule has 0 aliphatic rings. The normalized spacial score (nSPS) is 11.5. The molecule has 0 aromatic heterocycles. The van der Waals surface area contributed by atoms with Crippen LogP contribution in [0.5, 0.6) is 0 Å². The van der Waals surface area contributed by atoms with Gasteiger partial charge < -0.3 is 10.6 Å². The van der Waals surface area contributed by atoms with E-state index in [-0.39, 0.29) is 11.8 Å². The summed E-state index contributed by atoms with van der Waals surface area (Å²) in [5.74, 6) is -0.504. The van der Waals surface area contributed by atoms with Gasteiger partial charge in [0.1, 0.15) is 6.04 Å². The molecule has 0 saturated heterocycles. The van der Waals surface area contributed by atoms with E-state index in [0.717, 1.165) is 12.0 Å². The molecule has 0 heterocycles. The van der Waals surface area contributed by atoms with E-state index in [9.17, 15) is 9.59 Å². The lowest BCUT2D eigenvalue weighted by Crippen LogP contribution is -2.45. The van der Waals surface area contributed by atoms with E-state index in [1.165, 1.54) is 5.56 Å². The molecule has 3 rings (SSSR count). The molecule has 1 unspecified atom stereocenters. The van der Waals surface area contributed by atoms with Crippen LogP contribution in [0.2, 0.25) is 0 Å². The van der Waals surface area contributed by atoms with E-state index in [1.807, 2.05) is 60.7 Å². The highest BCUT2D eigenvalue weighted by atomic mass is 16.2. The molecule has 0 fully saturated rings. The first-order chi connectivity index (χ1) is 13.7. The molecule has 0 saturated carbocycles. The summed E-state index contributed by atoms with van der Waals surface area (Å²) in [4.78, 5) is 25.5. The van der Waals surface area contributed by atoms with Crippen LogP contribution in [0.1, 0.15) is 28.4 Å². The van der Waals surface area contributed by atoms with Crippen LogP contribution in [0, 0.1) is 0 Å². The molecule has 3 aromatic carbocycles. The van der Waals surface area contributed by atoms with E-state index in [2.05, 4.69) is 17.6 Å². The first-order valence-electron chi connectivity index (χ1n) is 9.45. The van der Waals surface area contributed by atoms with Crippen LogP contribution in [-0.4, -0.2) is 17.9 Å². The van der Waals surface area contributed by atoms with Crippen LogP contribution in [0.3, 0.4) is 0 Å². The molecule has 3 aromatic rings. The zero-order chi connectivity index (χ0) is 19.8. The summed E-state index contributed by atoms with van der Waals surface area (Å²) in [6, 6.07) is 25.7. The van der Waals surface area contributed by atoms with Crippen molar-refractivity contribution >= 4 is 17.5 Å². The zero-order valence-electron chi connectivity index (χ0n) is 15.9. The third-order valence-corrected chi connectivity index (χ3v) is 4.57. The van der Waals surface area contributed by atoms with Crippen molar-refractivity contribution in [1.82, 2.24) is 5.32 Å². The maximum absolute atomic E-state index is 12.9. The van der Waals surface area contributed by atoms with Gasteiger partial charge in [-0.15, -0.1) is 0 Å². The number of aryl methyl sites for hydroxylation is 1. The number of hydrogen-bond acceptors (Lipinski definition) is 2. The average molecular weight is 372 g/mol. The van der Waals surface area contributed by atoms with Crippen molar-refractivity contribution in [3.05, 3.63) is 102 Å². The number of nitrogens with one attached hydrogen (secondary N) is 2. The fourth-order valence-electron chi connectivity index (χ4n) is 2.94. The van der Waals surface area contributed by atoms with Gasteiger partial charge in [0.05, 0.1) is 0 Å². The minimum absolute atomic E-state index is 0.239. The van der Waals surface area contributed by atoms with Gasteiger partial charge in [-0.3, -0.25) is 9.59 Å². The molecule has 0 aliphatic heterocycles. The number of carbonyl (C=O) groups is 2. The number of rotatable bonds is 7. The van der Waals surface area contributed by atoms with E-state index in [0.29, 0.717) is 17.7 Å². The molecule has 4 nitrogen and oxygen atoms in total. The summed E-state index contributed by atoms with van der Waals surface area (Å²) in [6.07, 6.45) is 1.36. The van der Waals surface area contributed by atoms with Crippen LogP contribution in [0.4, 0.5) is 5.69 Å². The van der Waals surface area contributed by atoms with Gasteiger partial charge in [0.25, 0.3) is 5.91 Å². The summed E-state index contributed by atoms with van der Waals surface area (Å²) < 4.78 is 0. The monoisotopic (exact) mass is 372 g/mol. The minimum Gasteiger partial charge on any atom is -0.340 e. The molecule has 0 bridgehead atoms.